The molecule has 1 aromatic carbocycles. The number of carboxylic acids is 1. The number of carbonyl (C=O) groups is 1. The Kier molecular flexibility index (Phi) is 3.96. The number of nitro groups is 1. The van der Waals surface area contributed by atoms with Gasteiger partial charge in [0.15, 0.2) is 0 Å². The van der Waals surface area contributed by atoms with Crippen molar-refractivity contribution in [3.05, 3.63) is 33.9 Å². The van der Waals surface area contributed by atoms with Crippen LogP contribution in [0.25, 0.3) is 0 Å². The molecule has 7 nitrogen and oxygen atoms in total. The SMILES string of the molecule is O=C(O)c1ccc(N2CCCOCC2)cc1[N+](=O)[O-]. The van der Waals surface area contributed by atoms with Gasteiger partial charge in [0.1, 0.15) is 5.56 Å². The van der Waals surface area contributed by atoms with Crippen molar-refractivity contribution in [3.8, 4) is 0 Å². The van der Waals surface area contributed by atoms with Crippen molar-refractivity contribution < 1.29 is 19.6 Å². The summed E-state index contributed by atoms with van der Waals surface area (Å²) in [6.07, 6.45) is 0.842. The average Bonchev–Trinajstić information content (AvgIpc) is 2.66. The van der Waals surface area contributed by atoms with Crippen molar-refractivity contribution in [2.75, 3.05) is 31.2 Å². The maximum atomic E-state index is 10.9. The molecule has 0 spiro atoms. The number of carboxylic acid groups (broad SMARTS) is 1. The molecule has 2 rings (SSSR count). The van der Waals surface area contributed by atoms with E-state index >= 15 is 0 Å². The standard InChI is InChI=1S/C12H14N2O5/c15-12(16)10-3-2-9(8-11(10)14(17)18)13-4-1-6-19-7-5-13/h2-3,8H,1,4-7H2,(H,15,16). The number of benzene rings is 1. The molecule has 0 saturated carbocycles. The second kappa shape index (κ2) is 5.66. The molecular formula is C12H14N2O5. The van der Waals surface area contributed by atoms with Crippen molar-refractivity contribution in [1.29, 1.82) is 0 Å². The Hall–Kier alpha value is -2.15. The molecule has 0 aromatic heterocycles. The van der Waals surface area contributed by atoms with E-state index in [4.69, 9.17) is 9.84 Å². The molecule has 1 aliphatic heterocycles. The van der Waals surface area contributed by atoms with Gasteiger partial charge in [0.2, 0.25) is 0 Å². The normalized spacial score (nSPS) is 15.9. The Labute approximate surface area is 109 Å². The smallest absolute Gasteiger partial charge is 0.342 e. The largest absolute Gasteiger partial charge is 0.477 e. The molecule has 0 unspecified atom stereocenters. The minimum atomic E-state index is -1.29. The van der Waals surface area contributed by atoms with E-state index in [0.29, 0.717) is 25.4 Å². The molecule has 19 heavy (non-hydrogen) atoms. The molecule has 0 atom stereocenters. The highest BCUT2D eigenvalue weighted by atomic mass is 16.6. The lowest BCUT2D eigenvalue weighted by Crippen LogP contribution is -2.26. The van der Waals surface area contributed by atoms with Crippen LogP contribution in [0.3, 0.4) is 0 Å². The highest BCUT2D eigenvalue weighted by Crippen LogP contribution is 2.26. The lowest BCUT2D eigenvalue weighted by molar-refractivity contribution is -0.385. The van der Waals surface area contributed by atoms with Crippen LogP contribution in [0, 0.1) is 10.1 Å². The Morgan fingerprint density at radius 3 is 2.84 bits per heavy atom. The Bertz CT molecular complexity index is 495. The Balaban J connectivity index is 2.34. The van der Waals surface area contributed by atoms with Crippen molar-refractivity contribution in [1.82, 2.24) is 0 Å². The number of nitro benzene ring substituents is 1. The van der Waals surface area contributed by atoms with Crippen LogP contribution < -0.4 is 4.90 Å². The monoisotopic (exact) mass is 266 g/mol. The summed E-state index contributed by atoms with van der Waals surface area (Å²) >= 11 is 0. The van der Waals surface area contributed by atoms with Gasteiger partial charge in [-0.05, 0) is 18.6 Å². The maximum Gasteiger partial charge on any atom is 0.342 e. The zero-order valence-electron chi connectivity index (χ0n) is 10.2. The molecular weight excluding hydrogens is 252 g/mol. The van der Waals surface area contributed by atoms with Gasteiger partial charge in [-0.25, -0.2) is 4.79 Å². The number of ether oxygens (including phenoxy) is 1. The molecule has 1 fully saturated rings. The summed E-state index contributed by atoms with van der Waals surface area (Å²) in [5, 5.41) is 19.9. The molecule has 0 aliphatic carbocycles. The molecule has 1 N–H and O–H groups in total. The molecule has 7 heteroatoms. The molecule has 0 amide bonds. The van der Waals surface area contributed by atoms with Crippen LogP contribution in [0.2, 0.25) is 0 Å². The van der Waals surface area contributed by atoms with Crippen LogP contribution in [0.4, 0.5) is 11.4 Å². The lowest BCUT2D eigenvalue weighted by atomic mass is 10.1. The van der Waals surface area contributed by atoms with Gasteiger partial charge in [-0.3, -0.25) is 10.1 Å². The third-order valence-electron chi connectivity index (χ3n) is 3.00. The molecule has 1 saturated heterocycles. The van der Waals surface area contributed by atoms with Gasteiger partial charge in [-0.15, -0.1) is 0 Å². The average molecular weight is 266 g/mol. The molecule has 1 heterocycles. The van der Waals surface area contributed by atoms with Crippen LogP contribution in [-0.4, -0.2) is 42.3 Å². The first-order valence-corrected chi connectivity index (χ1v) is 5.94. The van der Waals surface area contributed by atoms with E-state index in [-0.39, 0.29) is 11.3 Å². The van der Waals surface area contributed by atoms with Crippen LogP contribution in [0.5, 0.6) is 0 Å². The molecule has 0 radical (unpaired) electrons. The van der Waals surface area contributed by atoms with Crippen LogP contribution in [0.15, 0.2) is 18.2 Å². The third-order valence-corrected chi connectivity index (χ3v) is 3.00. The van der Waals surface area contributed by atoms with Gasteiger partial charge in [-0.1, -0.05) is 0 Å². The van der Waals surface area contributed by atoms with Gasteiger partial charge >= 0.3 is 5.97 Å². The van der Waals surface area contributed by atoms with E-state index in [1.54, 1.807) is 6.07 Å². The maximum absolute atomic E-state index is 10.9. The molecule has 102 valence electrons. The number of hydrogen-bond donors (Lipinski definition) is 1. The first kappa shape index (κ1) is 13.3. The number of hydrogen-bond acceptors (Lipinski definition) is 5. The zero-order valence-corrected chi connectivity index (χ0v) is 10.2. The van der Waals surface area contributed by atoms with Crippen LogP contribution >= 0.6 is 0 Å². The molecule has 1 aromatic rings. The first-order valence-electron chi connectivity index (χ1n) is 5.94. The highest BCUT2D eigenvalue weighted by Gasteiger charge is 2.22. The second-order valence-electron chi connectivity index (χ2n) is 4.22. The Morgan fingerprint density at radius 2 is 2.16 bits per heavy atom. The fourth-order valence-electron chi connectivity index (χ4n) is 2.05. The minimum Gasteiger partial charge on any atom is -0.477 e. The lowest BCUT2D eigenvalue weighted by Gasteiger charge is -2.21. The second-order valence-corrected chi connectivity index (χ2v) is 4.22. The summed E-state index contributed by atoms with van der Waals surface area (Å²) in [5.41, 5.74) is -0.0165. The van der Waals surface area contributed by atoms with Gasteiger partial charge in [0.05, 0.1) is 11.5 Å². The number of anilines is 1. The van der Waals surface area contributed by atoms with Gasteiger partial charge < -0.3 is 14.7 Å². The topological polar surface area (TPSA) is 92.9 Å². The Morgan fingerprint density at radius 1 is 1.37 bits per heavy atom. The van der Waals surface area contributed by atoms with E-state index < -0.39 is 10.9 Å². The number of rotatable bonds is 3. The predicted octanol–water partition coefficient (Wildman–Crippen LogP) is 1.52. The van der Waals surface area contributed by atoms with E-state index in [1.807, 2.05) is 4.90 Å². The zero-order chi connectivity index (χ0) is 13.8. The van der Waals surface area contributed by atoms with E-state index in [9.17, 15) is 14.9 Å². The fourth-order valence-corrected chi connectivity index (χ4v) is 2.05. The quantitative estimate of drug-likeness (QED) is 0.658. The summed E-state index contributed by atoms with van der Waals surface area (Å²) < 4.78 is 5.32. The summed E-state index contributed by atoms with van der Waals surface area (Å²) in [6.45, 7) is 2.62. The molecule has 0 bridgehead atoms. The summed E-state index contributed by atoms with van der Waals surface area (Å²) in [7, 11) is 0. The minimum absolute atomic E-state index is 0.292. The van der Waals surface area contributed by atoms with Gasteiger partial charge in [0.25, 0.3) is 5.69 Å². The van der Waals surface area contributed by atoms with Crippen molar-refractivity contribution in [3.63, 3.8) is 0 Å². The summed E-state index contributed by atoms with van der Waals surface area (Å²) in [4.78, 5) is 23.2. The van der Waals surface area contributed by atoms with E-state index in [0.717, 1.165) is 13.0 Å². The predicted molar refractivity (Wildman–Crippen MR) is 67.7 cm³/mol. The summed E-state index contributed by atoms with van der Waals surface area (Å²) in [6, 6.07) is 4.19. The third kappa shape index (κ3) is 3.00. The van der Waals surface area contributed by atoms with Crippen molar-refractivity contribution >= 4 is 17.3 Å². The van der Waals surface area contributed by atoms with E-state index in [2.05, 4.69) is 0 Å². The van der Waals surface area contributed by atoms with E-state index in [1.165, 1.54) is 12.1 Å². The summed E-state index contributed by atoms with van der Waals surface area (Å²) in [5.74, 6) is -1.29. The molecule has 1 aliphatic rings. The van der Waals surface area contributed by atoms with Crippen LogP contribution in [-0.2, 0) is 4.74 Å². The highest BCUT2D eigenvalue weighted by molar-refractivity contribution is 5.93. The van der Waals surface area contributed by atoms with Gasteiger partial charge in [-0.2, -0.15) is 0 Å². The number of aromatic carboxylic acids is 1. The first-order chi connectivity index (χ1) is 9.09. The fraction of sp³-hybridized carbons (Fsp3) is 0.417. The number of nitrogens with zero attached hydrogens (tertiary/aromatic N) is 2. The van der Waals surface area contributed by atoms with Gasteiger partial charge in [0, 0.05) is 31.5 Å². The van der Waals surface area contributed by atoms with Crippen molar-refractivity contribution in [2.24, 2.45) is 0 Å². The van der Waals surface area contributed by atoms with Crippen molar-refractivity contribution in [2.45, 2.75) is 6.42 Å². The van der Waals surface area contributed by atoms with Crippen LogP contribution in [0.1, 0.15) is 16.8 Å².